The lowest BCUT2D eigenvalue weighted by atomic mass is 10.0. The van der Waals surface area contributed by atoms with Gasteiger partial charge in [-0.3, -0.25) is 9.69 Å². The molecular formula is C20H28N2O3. The summed E-state index contributed by atoms with van der Waals surface area (Å²) in [5, 5.41) is 3.17. The summed E-state index contributed by atoms with van der Waals surface area (Å²) in [6.07, 6.45) is 6.10. The Kier molecular flexibility index (Phi) is 5.22. The quantitative estimate of drug-likeness (QED) is 0.887. The highest BCUT2D eigenvalue weighted by Crippen LogP contribution is 2.27. The maximum Gasteiger partial charge on any atom is 0.237 e. The summed E-state index contributed by atoms with van der Waals surface area (Å²) in [5.41, 5.74) is 2.57. The first-order valence-electron chi connectivity index (χ1n) is 9.67. The van der Waals surface area contributed by atoms with Gasteiger partial charge in [0.15, 0.2) is 0 Å². The predicted molar refractivity (Wildman–Crippen MR) is 95.9 cm³/mol. The van der Waals surface area contributed by atoms with Crippen molar-refractivity contribution in [1.82, 2.24) is 10.2 Å². The van der Waals surface area contributed by atoms with E-state index in [0.717, 1.165) is 70.6 Å². The number of fused-ring (bicyclic) bond motifs is 1. The third-order valence-electron chi connectivity index (χ3n) is 5.72. The zero-order valence-electron chi connectivity index (χ0n) is 14.8. The number of ether oxygens (including phenoxy) is 2. The van der Waals surface area contributed by atoms with Crippen LogP contribution in [-0.4, -0.2) is 55.8 Å². The number of benzene rings is 1. The molecule has 5 nitrogen and oxygen atoms in total. The van der Waals surface area contributed by atoms with E-state index in [1.165, 1.54) is 11.1 Å². The summed E-state index contributed by atoms with van der Waals surface area (Å²) in [7, 11) is 0. The molecule has 3 heterocycles. The van der Waals surface area contributed by atoms with Crippen molar-refractivity contribution in [2.24, 2.45) is 0 Å². The minimum absolute atomic E-state index is 0.0523. The van der Waals surface area contributed by atoms with Crippen LogP contribution in [0.4, 0.5) is 0 Å². The average molecular weight is 344 g/mol. The Morgan fingerprint density at radius 2 is 2.08 bits per heavy atom. The fraction of sp³-hybridized carbons (Fsp3) is 0.650. The first kappa shape index (κ1) is 16.9. The highest BCUT2D eigenvalue weighted by Gasteiger charge is 2.35. The van der Waals surface area contributed by atoms with Gasteiger partial charge in [0.05, 0.1) is 12.6 Å². The molecular weight excluding hydrogens is 316 g/mol. The van der Waals surface area contributed by atoms with Crippen LogP contribution in [0.5, 0.6) is 5.75 Å². The van der Waals surface area contributed by atoms with Crippen LogP contribution >= 0.6 is 0 Å². The fourth-order valence-corrected chi connectivity index (χ4v) is 4.37. The summed E-state index contributed by atoms with van der Waals surface area (Å²) < 4.78 is 11.0. The van der Waals surface area contributed by atoms with E-state index in [-0.39, 0.29) is 11.9 Å². The van der Waals surface area contributed by atoms with Gasteiger partial charge in [-0.05, 0) is 55.8 Å². The number of amides is 1. The highest BCUT2D eigenvalue weighted by atomic mass is 16.5. The smallest absolute Gasteiger partial charge is 0.237 e. The molecule has 0 saturated carbocycles. The third-order valence-corrected chi connectivity index (χ3v) is 5.72. The Bertz CT molecular complexity index is 613. The van der Waals surface area contributed by atoms with Crippen molar-refractivity contribution in [3.63, 3.8) is 0 Å². The Labute approximate surface area is 149 Å². The second-order valence-electron chi connectivity index (χ2n) is 7.32. The van der Waals surface area contributed by atoms with Crippen molar-refractivity contribution < 1.29 is 14.3 Å². The summed E-state index contributed by atoms with van der Waals surface area (Å²) in [4.78, 5) is 15.1. The normalized spacial score (nSPS) is 24.1. The molecule has 0 aliphatic carbocycles. The molecule has 4 rings (SSSR count). The molecule has 0 bridgehead atoms. The second-order valence-corrected chi connectivity index (χ2v) is 7.32. The molecule has 0 radical (unpaired) electrons. The van der Waals surface area contributed by atoms with Crippen LogP contribution in [-0.2, 0) is 22.4 Å². The van der Waals surface area contributed by atoms with Gasteiger partial charge in [0.2, 0.25) is 5.91 Å². The Hall–Kier alpha value is -1.59. The van der Waals surface area contributed by atoms with E-state index in [1.54, 1.807) is 0 Å². The topological polar surface area (TPSA) is 50.8 Å². The molecule has 5 heteroatoms. The molecule has 3 aliphatic heterocycles. The molecule has 0 aromatic heterocycles. The first-order chi connectivity index (χ1) is 12.3. The second kappa shape index (κ2) is 7.75. The average Bonchev–Trinajstić information content (AvgIpc) is 3.31. The van der Waals surface area contributed by atoms with E-state index >= 15 is 0 Å². The van der Waals surface area contributed by atoms with Crippen molar-refractivity contribution in [2.75, 3.05) is 32.9 Å². The number of carbonyl (C=O) groups is 1. The molecule has 0 unspecified atom stereocenters. The van der Waals surface area contributed by atoms with Crippen LogP contribution in [0.3, 0.4) is 0 Å². The van der Waals surface area contributed by atoms with E-state index < -0.39 is 0 Å². The molecule has 2 saturated heterocycles. The molecule has 25 heavy (non-hydrogen) atoms. The van der Waals surface area contributed by atoms with E-state index in [0.29, 0.717) is 12.6 Å². The van der Waals surface area contributed by atoms with Crippen LogP contribution in [0, 0.1) is 0 Å². The summed E-state index contributed by atoms with van der Waals surface area (Å²) in [6.45, 7) is 4.21. The lowest BCUT2D eigenvalue weighted by molar-refractivity contribution is -0.126. The number of hydrogen-bond donors (Lipinski definition) is 1. The van der Waals surface area contributed by atoms with Crippen molar-refractivity contribution in [3.8, 4) is 5.75 Å². The van der Waals surface area contributed by atoms with Gasteiger partial charge in [-0.2, -0.15) is 0 Å². The summed E-state index contributed by atoms with van der Waals surface area (Å²) in [5.74, 6) is 1.22. The van der Waals surface area contributed by atoms with Crippen LogP contribution in [0.15, 0.2) is 18.2 Å². The lowest BCUT2D eigenvalue weighted by Gasteiger charge is -2.34. The molecule has 0 spiro atoms. The van der Waals surface area contributed by atoms with Crippen LogP contribution in [0.25, 0.3) is 0 Å². The van der Waals surface area contributed by atoms with Gasteiger partial charge in [0, 0.05) is 32.2 Å². The van der Waals surface area contributed by atoms with Gasteiger partial charge in [-0.25, -0.2) is 0 Å². The first-order valence-corrected chi connectivity index (χ1v) is 9.67. The zero-order chi connectivity index (χ0) is 17.1. The zero-order valence-corrected chi connectivity index (χ0v) is 14.8. The van der Waals surface area contributed by atoms with Crippen LogP contribution < -0.4 is 10.1 Å². The largest absolute Gasteiger partial charge is 0.493 e. The SMILES string of the molecule is O=C(NCCc1ccc2c(c1)CCO2)[C@@H]1CCCN1C1CCOCC1. The molecule has 1 aromatic carbocycles. The molecule has 136 valence electrons. The van der Waals surface area contributed by atoms with Crippen molar-refractivity contribution in [3.05, 3.63) is 29.3 Å². The third kappa shape index (κ3) is 3.82. The number of likely N-dealkylation sites (tertiary alicyclic amines) is 1. The van der Waals surface area contributed by atoms with Crippen molar-refractivity contribution in [2.45, 2.75) is 50.6 Å². The van der Waals surface area contributed by atoms with Gasteiger partial charge in [-0.15, -0.1) is 0 Å². The van der Waals surface area contributed by atoms with Crippen LogP contribution in [0.1, 0.15) is 36.8 Å². The van der Waals surface area contributed by atoms with E-state index in [1.807, 2.05) is 0 Å². The van der Waals surface area contributed by atoms with E-state index in [4.69, 9.17) is 9.47 Å². The Morgan fingerprint density at radius 3 is 2.96 bits per heavy atom. The predicted octanol–water partition coefficient (Wildman–Crippen LogP) is 1.92. The number of hydrogen-bond acceptors (Lipinski definition) is 4. The van der Waals surface area contributed by atoms with Gasteiger partial charge in [0.25, 0.3) is 0 Å². The highest BCUT2D eigenvalue weighted by molar-refractivity contribution is 5.82. The summed E-state index contributed by atoms with van der Waals surface area (Å²) >= 11 is 0. The number of carbonyl (C=O) groups excluding carboxylic acids is 1. The van der Waals surface area contributed by atoms with Crippen molar-refractivity contribution in [1.29, 1.82) is 0 Å². The number of nitrogens with one attached hydrogen (secondary N) is 1. The van der Waals surface area contributed by atoms with Crippen LogP contribution in [0.2, 0.25) is 0 Å². The molecule has 1 atom stereocenters. The molecule has 1 amide bonds. The minimum Gasteiger partial charge on any atom is -0.493 e. The van der Waals surface area contributed by atoms with Gasteiger partial charge >= 0.3 is 0 Å². The van der Waals surface area contributed by atoms with E-state index in [2.05, 4.69) is 28.4 Å². The Balaban J connectivity index is 1.28. The van der Waals surface area contributed by atoms with Gasteiger partial charge < -0.3 is 14.8 Å². The molecule has 1 aromatic rings. The minimum atomic E-state index is 0.0523. The maximum absolute atomic E-state index is 12.7. The van der Waals surface area contributed by atoms with Gasteiger partial charge in [0.1, 0.15) is 5.75 Å². The summed E-state index contributed by atoms with van der Waals surface area (Å²) in [6, 6.07) is 6.96. The maximum atomic E-state index is 12.7. The fourth-order valence-electron chi connectivity index (χ4n) is 4.37. The standard InChI is InChI=1S/C20H28N2O3/c23-20(18-2-1-10-22(18)17-7-11-24-12-8-17)21-9-5-15-3-4-19-16(14-15)6-13-25-19/h3-4,14,17-18H,1-2,5-13H2,(H,21,23)/t18-/m0/s1. The number of rotatable bonds is 5. The Morgan fingerprint density at radius 1 is 1.20 bits per heavy atom. The van der Waals surface area contributed by atoms with Crippen molar-refractivity contribution >= 4 is 5.91 Å². The molecule has 1 N–H and O–H groups in total. The monoisotopic (exact) mass is 344 g/mol. The molecule has 2 fully saturated rings. The van der Waals surface area contributed by atoms with Gasteiger partial charge in [-0.1, -0.05) is 12.1 Å². The van der Waals surface area contributed by atoms with E-state index in [9.17, 15) is 4.79 Å². The molecule has 3 aliphatic rings. The number of nitrogens with zero attached hydrogens (tertiary/aromatic N) is 1. The lowest BCUT2D eigenvalue weighted by Crippen LogP contribution is -2.49.